The molecule has 3 N–H and O–H groups in total. The van der Waals surface area contributed by atoms with E-state index in [1.54, 1.807) is 0 Å². The Hall–Kier alpha value is -0.450. The largest absolute Gasteiger partial charge is 0.394 e. The molecular formula is C6H12O4. The predicted molar refractivity (Wildman–Crippen MR) is 34.4 cm³/mol. The van der Waals surface area contributed by atoms with E-state index in [4.69, 9.17) is 15.3 Å². The van der Waals surface area contributed by atoms with Crippen LogP contribution in [0.4, 0.5) is 0 Å². The Morgan fingerprint density at radius 2 is 2.00 bits per heavy atom. The molecule has 60 valence electrons. The molecule has 0 spiro atoms. The van der Waals surface area contributed by atoms with Crippen LogP contribution >= 0.6 is 0 Å². The van der Waals surface area contributed by atoms with Gasteiger partial charge >= 0.3 is 0 Å². The zero-order valence-corrected chi connectivity index (χ0v) is 5.66. The van der Waals surface area contributed by atoms with E-state index in [1.165, 1.54) is 0 Å². The van der Waals surface area contributed by atoms with Crippen molar-refractivity contribution in [2.45, 2.75) is 18.9 Å². The summed E-state index contributed by atoms with van der Waals surface area (Å²) in [5, 5.41) is 25.2. The smallest absolute Gasteiger partial charge is 0.158 e. The monoisotopic (exact) mass is 148 g/mol. The van der Waals surface area contributed by atoms with Gasteiger partial charge in [-0.3, -0.25) is 4.79 Å². The zero-order valence-electron chi connectivity index (χ0n) is 5.66. The summed E-state index contributed by atoms with van der Waals surface area (Å²) in [7, 11) is 0. The quantitative estimate of drug-likeness (QED) is 0.452. The highest BCUT2D eigenvalue weighted by Gasteiger charge is 2.05. The van der Waals surface area contributed by atoms with E-state index >= 15 is 0 Å². The van der Waals surface area contributed by atoms with E-state index in [0.717, 1.165) is 0 Å². The van der Waals surface area contributed by atoms with Crippen molar-refractivity contribution in [2.24, 2.45) is 0 Å². The molecule has 0 radical (unpaired) electrons. The van der Waals surface area contributed by atoms with E-state index in [1.807, 2.05) is 0 Å². The number of Topliss-reactive ketones (excluding diaryl/α,β-unsaturated/α-hetero) is 1. The number of ketones is 1. The average molecular weight is 148 g/mol. The first-order valence-corrected chi connectivity index (χ1v) is 3.12. The lowest BCUT2D eigenvalue weighted by molar-refractivity contribution is -0.122. The molecule has 0 bridgehead atoms. The third-order valence-electron chi connectivity index (χ3n) is 1.14. The second kappa shape index (κ2) is 5.34. The van der Waals surface area contributed by atoms with Gasteiger partial charge in [0.2, 0.25) is 0 Å². The van der Waals surface area contributed by atoms with Crippen LogP contribution in [0.5, 0.6) is 0 Å². The molecule has 0 amide bonds. The topological polar surface area (TPSA) is 77.8 Å². The van der Waals surface area contributed by atoms with E-state index in [-0.39, 0.29) is 25.2 Å². The summed E-state index contributed by atoms with van der Waals surface area (Å²) in [6.45, 7) is -0.823. The molecule has 0 aliphatic carbocycles. The molecule has 4 heteroatoms. The Morgan fingerprint density at radius 3 is 2.40 bits per heavy atom. The molecule has 0 aromatic rings. The van der Waals surface area contributed by atoms with Crippen LogP contribution in [0.2, 0.25) is 0 Å². The lowest BCUT2D eigenvalue weighted by Gasteiger charge is -2.03. The first kappa shape index (κ1) is 9.55. The highest BCUT2D eigenvalue weighted by molar-refractivity contribution is 5.79. The Labute approximate surface area is 59.1 Å². The van der Waals surface area contributed by atoms with Crippen molar-refractivity contribution in [3.05, 3.63) is 0 Å². The number of hydrogen-bond donors (Lipinski definition) is 3. The first-order valence-electron chi connectivity index (χ1n) is 3.12. The highest BCUT2D eigenvalue weighted by atomic mass is 16.3. The van der Waals surface area contributed by atoms with Crippen molar-refractivity contribution in [1.82, 2.24) is 0 Å². The Bertz CT molecular complexity index is 102. The Balaban J connectivity index is 3.26. The Kier molecular flexibility index (Phi) is 5.10. The lowest BCUT2D eigenvalue weighted by Crippen LogP contribution is -2.15. The average Bonchev–Trinajstić information content (AvgIpc) is 1.99. The van der Waals surface area contributed by atoms with Crippen molar-refractivity contribution in [2.75, 3.05) is 13.2 Å². The van der Waals surface area contributed by atoms with Crippen LogP contribution in [0.3, 0.4) is 0 Å². The number of aliphatic hydroxyl groups is 3. The molecule has 0 aromatic heterocycles. The summed E-state index contributed by atoms with van der Waals surface area (Å²) in [5.74, 6) is -0.312. The number of aliphatic hydroxyl groups excluding tert-OH is 3. The molecule has 1 unspecified atom stereocenters. The molecule has 0 rings (SSSR count). The molecule has 1 atom stereocenters. The second-order valence-corrected chi connectivity index (χ2v) is 2.07. The third kappa shape index (κ3) is 4.43. The number of hydrogen-bond acceptors (Lipinski definition) is 4. The third-order valence-corrected chi connectivity index (χ3v) is 1.14. The summed E-state index contributed by atoms with van der Waals surface area (Å²) in [6.07, 6.45) is -0.496. The number of carbonyl (C=O) groups excluding carboxylic acids is 1. The summed E-state index contributed by atoms with van der Waals surface area (Å²) in [5.41, 5.74) is 0. The van der Waals surface area contributed by atoms with Crippen LogP contribution in [0.1, 0.15) is 12.8 Å². The van der Waals surface area contributed by atoms with Gasteiger partial charge in [0.25, 0.3) is 0 Å². The van der Waals surface area contributed by atoms with Gasteiger partial charge in [-0.25, -0.2) is 0 Å². The lowest BCUT2D eigenvalue weighted by atomic mass is 10.1. The van der Waals surface area contributed by atoms with Gasteiger partial charge in [-0.2, -0.15) is 0 Å². The van der Waals surface area contributed by atoms with Gasteiger partial charge in [-0.15, -0.1) is 0 Å². The Morgan fingerprint density at radius 1 is 1.40 bits per heavy atom. The van der Waals surface area contributed by atoms with Gasteiger partial charge in [-0.1, -0.05) is 0 Å². The maximum Gasteiger partial charge on any atom is 0.158 e. The first-order chi connectivity index (χ1) is 4.70. The van der Waals surface area contributed by atoms with E-state index in [0.29, 0.717) is 0 Å². The minimum atomic E-state index is -0.838. The summed E-state index contributed by atoms with van der Waals surface area (Å²) >= 11 is 0. The molecule has 0 aliphatic heterocycles. The fraction of sp³-hybridized carbons (Fsp3) is 0.833. The van der Waals surface area contributed by atoms with Crippen LogP contribution in [-0.4, -0.2) is 40.4 Å². The van der Waals surface area contributed by atoms with Crippen LogP contribution < -0.4 is 0 Å². The summed E-state index contributed by atoms with van der Waals surface area (Å²) in [4.78, 5) is 10.4. The minimum Gasteiger partial charge on any atom is -0.394 e. The molecule has 10 heavy (non-hydrogen) atoms. The molecule has 0 saturated heterocycles. The van der Waals surface area contributed by atoms with Gasteiger partial charge in [0, 0.05) is 6.42 Å². The standard InChI is InChI=1S/C6H12O4/c7-3-5(9)1-2-6(10)4-8/h5,7-9H,1-4H2. The van der Waals surface area contributed by atoms with Crippen molar-refractivity contribution in [3.63, 3.8) is 0 Å². The van der Waals surface area contributed by atoms with Crippen molar-refractivity contribution < 1.29 is 20.1 Å². The fourth-order valence-electron chi connectivity index (χ4n) is 0.498. The van der Waals surface area contributed by atoms with Gasteiger partial charge in [0.1, 0.15) is 6.61 Å². The molecule has 0 fully saturated rings. The zero-order chi connectivity index (χ0) is 7.98. The van der Waals surface area contributed by atoms with Gasteiger partial charge < -0.3 is 15.3 Å². The van der Waals surface area contributed by atoms with E-state index < -0.39 is 12.7 Å². The molecule has 4 nitrogen and oxygen atoms in total. The van der Waals surface area contributed by atoms with Crippen molar-refractivity contribution in [1.29, 1.82) is 0 Å². The van der Waals surface area contributed by atoms with Crippen molar-refractivity contribution in [3.8, 4) is 0 Å². The van der Waals surface area contributed by atoms with Gasteiger partial charge in [0.15, 0.2) is 5.78 Å². The molecular weight excluding hydrogens is 136 g/mol. The number of rotatable bonds is 5. The summed E-state index contributed by atoms with van der Waals surface area (Å²) < 4.78 is 0. The van der Waals surface area contributed by atoms with Crippen LogP contribution in [0.25, 0.3) is 0 Å². The molecule has 0 heterocycles. The van der Waals surface area contributed by atoms with E-state index in [2.05, 4.69) is 0 Å². The summed E-state index contributed by atoms with van der Waals surface area (Å²) in [6, 6.07) is 0. The highest BCUT2D eigenvalue weighted by Crippen LogP contribution is 1.95. The molecule has 0 saturated carbocycles. The predicted octanol–water partition coefficient (Wildman–Crippen LogP) is -1.32. The molecule has 0 aliphatic rings. The normalized spacial score (nSPS) is 13.1. The second-order valence-electron chi connectivity index (χ2n) is 2.07. The van der Waals surface area contributed by atoms with E-state index in [9.17, 15) is 4.79 Å². The van der Waals surface area contributed by atoms with Crippen LogP contribution in [-0.2, 0) is 4.79 Å². The SMILES string of the molecule is O=C(CO)CCC(O)CO. The van der Waals surface area contributed by atoms with Gasteiger partial charge in [-0.05, 0) is 6.42 Å². The molecule has 0 aromatic carbocycles. The maximum absolute atomic E-state index is 10.4. The van der Waals surface area contributed by atoms with Crippen LogP contribution in [0.15, 0.2) is 0 Å². The van der Waals surface area contributed by atoms with Crippen LogP contribution in [0, 0.1) is 0 Å². The minimum absolute atomic E-state index is 0.123. The van der Waals surface area contributed by atoms with Gasteiger partial charge in [0.05, 0.1) is 12.7 Å². The maximum atomic E-state index is 10.4. The van der Waals surface area contributed by atoms with Crippen molar-refractivity contribution >= 4 is 5.78 Å². The fourth-order valence-corrected chi connectivity index (χ4v) is 0.498. The number of carbonyl (C=O) groups is 1.